The Morgan fingerprint density at radius 3 is 2.60 bits per heavy atom. The first kappa shape index (κ1) is 22.1. The molecule has 0 saturated carbocycles. The Morgan fingerprint density at radius 2 is 1.96 bits per heavy atom. The molecular weight excluding hydrogens is 368 g/mol. The zero-order valence-electron chi connectivity index (χ0n) is 14.6. The van der Waals surface area contributed by atoms with Crippen molar-refractivity contribution in [3.8, 4) is 5.75 Å². The zero-order chi connectivity index (χ0) is 17.5. The van der Waals surface area contributed by atoms with Gasteiger partial charge in [-0.05, 0) is 31.5 Å². The molecule has 1 aromatic rings. The van der Waals surface area contributed by atoms with Gasteiger partial charge in [-0.3, -0.25) is 0 Å². The number of hydrogen-bond acceptors (Lipinski definition) is 6. The number of nitrogens with one attached hydrogen (secondary N) is 2. The normalized spacial score (nSPS) is 20.2. The van der Waals surface area contributed by atoms with Crippen molar-refractivity contribution in [3.05, 3.63) is 24.3 Å². The van der Waals surface area contributed by atoms with Crippen LogP contribution in [0.1, 0.15) is 12.8 Å². The Bertz CT molecular complexity index is 621. The molecule has 1 aliphatic heterocycles. The van der Waals surface area contributed by atoms with Crippen molar-refractivity contribution < 1.29 is 22.6 Å². The van der Waals surface area contributed by atoms with E-state index in [-0.39, 0.29) is 36.0 Å². The lowest BCUT2D eigenvalue weighted by Crippen LogP contribution is -2.52. The SMILES string of the molecule is COCCOc1ccccc1S(=O)(=O)NCC1(COC)CCCN1.Cl. The number of halogens is 1. The number of para-hydroxylation sites is 1. The van der Waals surface area contributed by atoms with Crippen LogP contribution in [0.4, 0.5) is 0 Å². The van der Waals surface area contributed by atoms with Crippen LogP contribution in [0.15, 0.2) is 29.2 Å². The minimum Gasteiger partial charge on any atom is -0.490 e. The van der Waals surface area contributed by atoms with Crippen LogP contribution in [-0.2, 0) is 19.5 Å². The number of hydrogen-bond donors (Lipinski definition) is 2. The molecule has 0 bridgehead atoms. The number of methoxy groups -OCH3 is 2. The topological polar surface area (TPSA) is 85.9 Å². The summed E-state index contributed by atoms with van der Waals surface area (Å²) < 4.78 is 43.8. The van der Waals surface area contributed by atoms with Crippen molar-refractivity contribution in [2.45, 2.75) is 23.3 Å². The third kappa shape index (κ3) is 6.09. The summed E-state index contributed by atoms with van der Waals surface area (Å²) in [7, 11) is -0.496. The molecule has 0 aromatic heterocycles. The van der Waals surface area contributed by atoms with Crippen molar-refractivity contribution in [1.82, 2.24) is 10.0 Å². The lowest BCUT2D eigenvalue weighted by atomic mass is 9.99. The lowest BCUT2D eigenvalue weighted by molar-refractivity contribution is 0.122. The number of rotatable bonds is 10. The molecule has 0 aliphatic carbocycles. The maximum absolute atomic E-state index is 12.7. The molecule has 1 fully saturated rings. The second-order valence-corrected chi connectivity index (χ2v) is 7.59. The molecule has 144 valence electrons. The van der Waals surface area contributed by atoms with E-state index in [0.29, 0.717) is 19.0 Å². The molecule has 1 unspecified atom stereocenters. The first-order valence-electron chi connectivity index (χ1n) is 7.97. The molecule has 1 heterocycles. The van der Waals surface area contributed by atoms with Crippen LogP contribution in [-0.4, -0.2) is 61.1 Å². The van der Waals surface area contributed by atoms with Crippen molar-refractivity contribution >= 4 is 22.4 Å². The zero-order valence-corrected chi connectivity index (χ0v) is 16.2. The summed E-state index contributed by atoms with van der Waals surface area (Å²) in [5.41, 5.74) is -0.354. The predicted molar refractivity (Wildman–Crippen MR) is 98.1 cm³/mol. The summed E-state index contributed by atoms with van der Waals surface area (Å²) in [5, 5.41) is 3.35. The minimum absolute atomic E-state index is 0. The van der Waals surface area contributed by atoms with Gasteiger partial charge in [0.1, 0.15) is 17.3 Å². The monoisotopic (exact) mass is 394 g/mol. The van der Waals surface area contributed by atoms with Gasteiger partial charge in [0.2, 0.25) is 10.0 Å². The molecule has 0 radical (unpaired) electrons. The van der Waals surface area contributed by atoms with E-state index >= 15 is 0 Å². The molecule has 1 saturated heterocycles. The summed E-state index contributed by atoms with van der Waals surface area (Å²) in [4.78, 5) is 0.131. The van der Waals surface area contributed by atoms with Gasteiger partial charge in [-0.25, -0.2) is 13.1 Å². The average molecular weight is 395 g/mol. The fraction of sp³-hybridized carbons (Fsp3) is 0.625. The smallest absolute Gasteiger partial charge is 0.244 e. The Morgan fingerprint density at radius 1 is 1.20 bits per heavy atom. The van der Waals surface area contributed by atoms with E-state index in [9.17, 15) is 8.42 Å². The van der Waals surface area contributed by atoms with Gasteiger partial charge < -0.3 is 19.5 Å². The highest BCUT2D eigenvalue weighted by Gasteiger charge is 2.35. The van der Waals surface area contributed by atoms with Gasteiger partial charge in [0.05, 0.1) is 18.8 Å². The van der Waals surface area contributed by atoms with Crippen LogP contribution in [0.5, 0.6) is 5.75 Å². The fourth-order valence-electron chi connectivity index (χ4n) is 2.81. The maximum Gasteiger partial charge on any atom is 0.244 e. The number of benzene rings is 1. The standard InChI is InChI=1S/C16H26N2O5S.ClH/c1-21-10-11-23-14-6-3-4-7-15(14)24(19,20)18-12-16(13-22-2)8-5-9-17-16;/h3-4,6-7,17-18H,5,8-13H2,1-2H3;1H. The van der Waals surface area contributed by atoms with Gasteiger partial charge >= 0.3 is 0 Å². The first-order chi connectivity index (χ1) is 11.5. The van der Waals surface area contributed by atoms with Crippen molar-refractivity contribution in [2.75, 3.05) is 47.1 Å². The largest absolute Gasteiger partial charge is 0.490 e. The Kier molecular flexibility index (Phi) is 9.12. The van der Waals surface area contributed by atoms with E-state index in [2.05, 4.69) is 10.0 Å². The molecule has 0 amide bonds. The molecule has 0 spiro atoms. The fourth-order valence-corrected chi connectivity index (χ4v) is 4.08. The molecular formula is C16H27ClN2O5S. The summed E-state index contributed by atoms with van der Waals surface area (Å²) in [6, 6.07) is 6.60. The second kappa shape index (κ2) is 10.3. The van der Waals surface area contributed by atoms with Crippen molar-refractivity contribution in [3.63, 3.8) is 0 Å². The maximum atomic E-state index is 12.7. The molecule has 25 heavy (non-hydrogen) atoms. The molecule has 1 aromatic carbocycles. The highest BCUT2D eigenvalue weighted by molar-refractivity contribution is 7.89. The predicted octanol–water partition coefficient (Wildman–Crippen LogP) is 1.18. The molecule has 7 nitrogen and oxygen atoms in total. The van der Waals surface area contributed by atoms with Crippen LogP contribution in [0.25, 0.3) is 0 Å². The van der Waals surface area contributed by atoms with E-state index < -0.39 is 10.0 Å². The quantitative estimate of drug-likeness (QED) is 0.579. The average Bonchev–Trinajstić information content (AvgIpc) is 3.03. The van der Waals surface area contributed by atoms with Gasteiger partial charge in [0.25, 0.3) is 0 Å². The highest BCUT2D eigenvalue weighted by atomic mass is 35.5. The van der Waals surface area contributed by atoms with Crippen LogP contribution in [0.2, 0.25) is 0 Å². The summed E-state index contributed by atoms with van der Waals surface area (Å²) >= 11 is 0. The Labute approximate surface area is 155 Å². The molecule has 1 aliphatic rings. The molecule has 2 rings (SSSR count). The highest BCUT2D eigenvalue weighted by Crippen LogP contribution is 2.24. The summed E-state index contributed by atoms with van der Waals surface area (Å²) in [5.74, 6) is 0.322. The van der Waals surface area contributed by atoms with Gasteiger partial charge in [0, 0.05) is 20.8 Å². The van der Waals surface area contributed by atoms with Crippen molar-refractivity contribution in [2.24, 2.45) is 0 Å². The van der Waals surface area contributed by atoms with E-state index in [1.54, 1.807) is 32.4 Å². The summed E-state index contributed by atoms with van der Waals surface area (Å²) in [6.07, 6.45) is 1.87. The second-order valence-electron chi connectivity index (χ2n) is 5.86. The minimum atomic E-state index is -3.68. The third-order valence-electron chi connectivity index (χ3n) is 4.04. The molecule has 1 atom stereocenters. The summed E-state index contributed by atoms with van der Waals surface area (Å²) in [6.45, 7) is 2.28. The lowest BCUT2D eigenvalue weighted by Gasteiger charge is -2.29. The molecule has 2 N–H and O–H groups in total. The Balaban J connectivity index is 0.00000312. The third-order valence-corrected chi connectivity index (χ3v) is 5.48. The van der Waals surface area contributed by atoms with E-state index in [1.807, 2.05) is 0 Å². The number of ether oxygens (including phenoxy) is 3. The van der Waals surface area contributed by atoms with Gasteiger partial charge in [-0.1, -0.05) is 12.1 Å². The first-order valence-corrected chi connectivity index (χ1v) is 9.46. The molecule has 9 heteroatoms. The van der Waals surface area contributed by atoms with E-state index in [0.717, 1.165) is 19.4 Å². The van der Waals surface area contributed by atoms with Gasteiger partial charge in [0.15, 0.2) is 0 Å². The van der Waals surface area contributed by atoms with Crippen LogP contribution < -0.4 is 14.8 Å². The Hall–Kier alpha value is -0.900. The van der Waals surface area contributed by atoms with E-state index in [1.165, 1.54) is 6.07 Å². The number of sulfonamides is 1. The van der Waals surface area contributed by atoms with Crippen LogP contribution in [0, 0.1) is 0 Å². The van der Waals surface area contributed by atoms with Crippen molar-refractivity contribution in [1.29, 1.82) is 0 Å². The van der Waals surface area contributed by atoms with Gasteiger partial charge in [-0.15, -0.1) is 12.4 Å². The van der Waals surface area contributed by atoms with Gasteiger partial charge in [-0.2, -0.15) is 0 Å². The van der Waals surface area contributed by atoms with E-state index in [4.69, 9.17) is 14.2 Å². The van der Waals surface area contributed by atoms with Crippen LogP contribution >= 0.6 is 12.4 Å². The van der Waals surface area contributed by atoms with Crippen LogP contribution in [0.3, 0.4) is 0 Å².